The molecule has 0 radical (unpaired) electrons. The Hall–Kier alpha value is -2.34. The van der Waals surface area contributed by atoms with Gasteiger partial charge >= 0.3 is 0 Å². The summed E-state index contributed by atoms with van der Waals surface area (Å²) in [5.74, 6) is -0.307. The summed E-state index contributed by atoms with van der Waals surface area (Å²) in [5, 5.41) is 3.43. The number of hydrogen-bond acceptors (Lipinski definition) is 8. The Balaban J connectivity index is 1.80. The molecule has 2 aliphatic rings. The first kappa shape index (κ1) is 21.9. The predicted octanol–water partition coefficient (Wildman–Crippen LogP) is 4.62. The van der Waals surface area contributed by atoms with Gasteiger partial charge in [0.05, 0.1) is 4.90 Å². The predicted molar refractivity (Wildman–Crippen MR) is 128 cm³/mol. The molecule has 0 unspecified atom stereocenters. The maximum Gasteiger partial charge on any atom is 0.284 e. The fraction of sp³-hybridized carbons (Fsp3) is 0.150. The molecular weight excluding hydrogens is 473 g/mol. The third-order valence-corrected chi connectivity index (χ3v) is 9.05. The molecular formula is C20H18N4O3S4. The van der Waals surface area contributed by atoms with E-state index in [-0.39, 0.29) is 22.5 Å². The van der Waals surface area contributed by atoms with Gasteiger partial charge in [0.1, 0.15) is 9.93 Å². The highest BCUT2D eigenvalue weighted by molar-refractivity contribution is 8.20. The van der Waals surface area contributed by atoms with Crippen molar-refractivity contribution in [2.24, 2.45) is 4.40 Å². The van der Waals surface area contributed by atoms with Crippen molar-refractivity contribution in [3.8, 4) is 0 Å². The van der Waals surface area contributed by atoms with Crippen molar-refractivity contribution in [1.29, 1.82) is 0 Å². The van der Waals surface area contributed by atoms with Crippen LogP contribution in [-0.4, -0.2) is 35.9 Å². The van der Waals surface area contributed by atoms with Crippen LogP contribution in [0.1, 0.15) is 13.8 Å². The molecule has 4 rings (SSSR count). The summed E-state index contributed by atoms with van der Waals surface area (Å²) in [6.45, 7) is 7.80. The minimum atomic E-state index is -3.97. The van der Waals surface area contributed by atoms with E-state index in [4.69, 9.17) is 0 Å². The Kier molecular flexibility index (Phi) is 6.11. The number of amidine groups is 1. The molecule has 0 saturated carbocycles. The number of thiazole rings is 1. The highest BCUT2D eigenvalue weighted by Gasteiger charge is 2.40. The number of benzene rings is 1. The van der Waals surface area contributed by atoms with Gasteiger partial charge in [0, 0.05) is 28.7 Å². The van der Waals surface area contributed by atoms with Gasteiger partial charge in [-0.25, -0.2) is 4.98 Å². The molecule has 2 aliphatic heterocycles. The summed E-state index contributed by atoms with van der Waals surface area (Å²) in [6.07, 6.45) is 3.26. The highest BCUT2D eigenvalue weighted by atomic mass is 32.2. The number of carbonyl (C=O) groups is 1. The maximum atomic E-state index is 13.3. The molecule has 1 fully saturated rings. The number of sulfonamides is 1. The molecule has 0 aliphatic carbocycles. The molecule has 1 amide bonds. The minimum Gasteiger partial charge on any atom is -0.282 e. The molecule has 0 bridgehead atoms. The Morgan fingerprint density at radius 2 is 1.94 bits per heavy atom. The topological polar surface area (TPSA) is 82.9 Å². The number of carbonyl (C=O) groups excluding carboxylic acids is 1. The summed E-state index contributed by atoms with van der Waals surface area (Å²) in [4.78, 5) is 22.5. The third kappa shape index (κ3) is 4.10. The van der Waals surface area contributed by atoms with Crippen molar-refractivity contribution < 1.29 is 13.2 Å². The average Bonchev–Trinajstić information content (AvgIpc) is 3.44. The van der Waals surface area contributed by atoms with Gasteiger partial charge in [0.25, 0.3) is 15.9 Å². The largest absolute Gasteiger partial charge is 0.284 e. The lowest BCUT2D eigenvalue weighted by molar-refractivity contribution is -0.121. The van der Waals surface area contributed by atoms with Crippen molar-refractivity contribution in [3.63, 3.8) is 0 Å². The van der Waals surface area contributed by atoms with E-state index in [9.17, 15) is 13.2 Å². The lowest BCUT2D eigenvalue weighted by atomic mass is 10.4. The number of allylic oxidation sites excluding steroid dienone is 2. The van der Waals surface area contributed by atoms with Crippen LogP contribution in [0, 0.1) is 0 Å². The first-order valence-corrected chi connectivity index (χ1v) is 13.1. The van der Waals surface area contributed by atoms with Crippen molar-refractivity contribution in [2.75, 3.05) is 11.4 Å². The van der Waals surface area contributed by atoms with Crippen LogP contribution in [0.5, 0.6) is 0 Å². The van der Waals surface area contributed by atoms with Gasteiger partial charge < -0.3 is 0 Å². The first-order chi connectivity index (χ1) is 14.8. The second-order valence-electron chi connectivity index (χ2n) is 6.50. The number of hydrogen-bond donors (Lipinski definition) is 0. The zero-order valence-electron chi connectivity index (χ0n) is 16.7. The van der Waals surface area contributed by atoms with Crippen LogP contribution in [0.4, 0.5) is 5.13 Å². The summed E-state index contributed by atoms with van der Waals surface area (Å²) in [6, 6.07) is 7.95. The average molecular weight is 491 g/mol. The van der Waals surface area contributed by atoms with Gasteiger partial charge in [-0.3, -0.25) is 14.6 Å². The Morgan fingerprint density at radius 1 is 1.19 bits per heavy atom. The van der Waals surface area contributed by atoms with E-state index in [0.29, 0.717) is 9.93 Å². The number of thioether (sulfide) groups is 2. The number of aromatic nitrogens is 1. The van der Waals surface area contributed by atoms with Crippen LogP contribution in [0.25, 0.3) is 0 Å². The number of rotatable bonds is 5. The van der Waals surface area contributed by atoms with Crippen LogP contribution < -0.4 is 4.90 Å². The molecule has 1 aromatic carbocycles. The van der Waals surface area contributed by atoms with Gasteiger partial charge in [-0.1, -0.05) is 36.0 Å². The molecule has 2 aromatic rings. The van der Waals surface area contributed by atoms with E-state index in [2.05, 4.69) is 16.0 Å². The Labute approximate surface area is 193 Å². The quantitative estimate of drug-likeness (QED) is 0.447. The number of anilines is 1. The van der Waals surface area contributed by atoms with Crippen LogP contribution in [0.3, 0.4) is 0 Å². The van der Waals surface area contributed by atoms with E-state index >= 15 is 0 Å². The minimum absolute atomic E-state index is 0.0724. The van der Waals surface area contributed by atoms with Crippen LogP contribution in [0.2, 0.25) is 0 Å². The first-order valence-electron chi connectivity index (χ1n) is 9.13. The fourth-order valence-electron chi connectivity index (χ4n) is 2.92. The van der Waals surface area contributed by atoms with Gasteiger partial charge in [-0.05, 0) is 37.7 Å². The summed E-state index contributed by atoms with van der Waals surface area (Å²) in [7, 11) is -3.97. The maximum absolute atomic E-state index is 13.3. The van der Waals surface area contributed by atoms with Gasteiger partial charge in [0.2, 0.25) is 0 Å². The van der Waals surface area contributed by atoms with E-state index in [0.717, 1.165) is 27.5 Å². The van der Waals surface area contributed by atoms with E-state index < -0.39 is 10.0 Å². The fourth-order valence-corrected chi connectivity index (χ4v) is 7.13. The number of nitrogens with zero attached hydrogens (tertiary/aromatic N) is 4. The van der Waals surface area contributed by atoms with E-state index in [1.54, 1.807) is 30.5 Å². The van der Waals surface area contributed by atoms with Crippen molar-refractivity contribution in [3.05, 3.63) is 75.1 Å². The van der Waals surface area contributed by atoms with Crippen molar-refractivity contribution in [2.45, 2.75) is 18.7 Å². The zero-order chi connectivity index (χ0) is 22.2. The second kappa shape index (κ2) is 8.65. The molecule has 0 atom stereocenters. The zero-order valence-corrected chi connectivity index (χ0v) is 19.9. The van der Waals surface area contributed by atoms with Crippen molar-refractivity contribution >= 4 is 61.1 Å². The normalized spacial score (nSPS) is 21.0. The molecule has 7 nitrogen and oxygen atoms in total. The number of amides is 1. The Bertz CT molecular complexity index is 1230. The second-order valence-corrected chi connectivity index (χ2v) is 11.2. The summed E-state index contributed by atoms with van der Waals surface area (Å²) in [5.41, 5.74) is 0.980. The van der Waals surface area contributed by atoms with Gasteiger partial charge in [-0.15, -0.1) is 22.3 Å². The molecule has 31 heavy (non-hydrogen) atoms. The molecule has 0 spiro atoms. The van der Waals surface area contributed by atoms with Crippen molar-refractivity contribution in [1.82, 2.24) is 9.88 Å². The third-order valence-electron chi connectivity index (χ3n) is 4.52. The standard InChI is InChI=1S/C20H18N4O3S4/c1-4-11-23-17(25)16(18-24(13(2)14(3)29-18)19-21-10-12-28-19)30-20(23)22-31(26,27)15-8-6-5-7-9-15/h4-10,12H,1,11H2,2-3H3/b18-16-,22-20+. The van der Waals surface area contributed by atoms with Gasteiger partial charge in [-0.2, -0.15) is 8.42 Å². The molecule has 11 heteroatoms. The lowest BCUT2D eigenvalue weighted by Crippen LogP contribution is -2.30. The summed E-state index contributed by atoms with van der Waals surface area (Å²) < 4.78 is 29.6. The molecule has 0 N–H and O–H groups in total. The van der Waals surface area contributed by atoms with E-state index in [1.807, 2.05) is 24.1 Å². The SMILES string of the molecule is C=CCN1C(=O)/C(=C2/SC(C)=C(C)N2c2nccs2)S/C1=N/S(=O)(=O)c1ccccc1. The molecule has 1 saturated heterocycles. The van der Waals surface area contributed by atoms with Crippen LogP contribution >= 0.6 is 34.9 Å². The lowest BCUT2D eigenvalue weighted by Gasteiger charge is -2.19. The van der Waals surface area contributed by atoms with Gasteiger partial charge in [0.15, 0.2) is 10.3 Å². The van der Waals surface area contributed by atoms with Crippen LogP contribution in [-0.2, 0) is 14.8 Å². The highest BCUT2D eigenvalue weighted by Crippen LogP contribution is 2.49. The van der Waals surface area contributed by atoms with Crippen LogP contribution in [0.15, 0.2) is 84.4 Å². The summed E-state index contributed by atoms with van der Waals surface area (Å²) >= 11 is 3.99. The monoisotopic (exact) mass is 490 g/mol. The smallest absolute Gasteiger partial charge is 0.282 e. The molecule has 160 valence electrons. The Morgan fingerprint density at radius 3 is 2.58 bits per heavy atom. The molecule has 3 heterocycles. The molecule has 1 aromatic heterocycles. The van der Waals surface area contributed by atoms with E-state index in [1.165, 1.54) is 40.1 Å².